The summed E-state index contributed by atoms with van der Waals surface area (Å²) < 4.78 is 0. The number of aliphatic imine (C=N–C) groups is 1. The molecule has 2 nitrogen and oxygen atoms in total. The fourth-order valence-electron chi connectivity index (χ4n) is 3.81. The maximum atomic E-state index is 5.00. The number of rotatable bonds is 8. The van der Waals surface area contributed by atoms with Gasteiger partial charge in [0.2, 0.25) is 0 Å². The van der Waals surface area contributed by atoms with E-state index in [-0.39, 0.29) is 0 Å². The second-order valence-corrected chi connectivity index (χ2v) is 8.46. The molecule has 0 saturated carbocycles. The van der Waals surface area contributed by atoms with Crippen LogP contribution in [0, 0.1) is 0 Å². The molecule has 0 atom stereocenters. The predicted molar refractivity (Wildman–Crippen MR) is 130 cm³/mol. The molecule has 156 valence electrons. The van der Waals surface area contributed by atoms with Crippen LogP contribution in [0.2, 0.25) is 0 Å². The van der Waals surface area contributed by atoms with Crippen molar-refractivity contribution < 1.29 is 0 Å². The van der Waals surface area contributed by atoms with Gasteiger partial charge in [-0.05, 0) is 66.9 Å². The molecule has 2 heteroatoms. The van der Waals surface area contributed by atoms with Crippen LogP contribution in [0.3, 0.4) is 0 Å². The van der Waals surface area contributed by atoms with Crippen LogP contribution >= 0.6 is 0 Å². The zero-order valence-electron chi connectivity index (χ0n) is 19.6. The van der Waals surface area contributed by atoms with Gasteiger partial charge in [0.1, 0.15) is 0 Å². The van der Waals surface area contributed by atoms with Gasteiger partial charge in [0.25, 0.3) is 0 Å². The molecule has 0 unspecified atom stereocenters. The largest absolute Gasteiger partial charge is 0.359 e. The lowest BCUT2D eigenvalue weighted by Crippen LogP contribution is -2.07. The van der Waals surface area contributed by atoms with Crippen molar-refractivity contribution in [2.45, 2.75) is 80.1 Å². The summed E-state index contributed by atoms with van der Waals surface area (Å²) in [6, 6.07) is 13.2. The number of aryl methyl sites for hydroxylation is 2. The first-order valence-corrected chi connectivity index (χ1v) is 11.0. The van der Waals surface area contributed by atoms with Crippen molar-refractivity contribution in [1.29, 1.82) is 0 Å². The van der Waals surface area contributed by atoms with E-state index in [1.54, 1.807) is 0 Å². The molecule has 0 aliphatic carbocycles. The highest BCUT2D eigenvalue weighted by molar-refractivity contribution is 5.96. The van der Waals surface area contributed by atoms with Gasteiger partial charge in [0.05, 0.1) is 5.69 Å². The van der Waals surface area contributed by atoms with Gasteiger partial charge in [-0.15, -0.1) is 0 Å². The monoisotopic (exact) mass is 390 g/mol. The minimum atomic E-state index is 0.474. The lowest BCUT2D eigenvalue weighted by molar-refractivity contribution is 0.837. The molecule has 2 aromatic rings. The molecule has 2 aromatic carbocycles. The van der Waals surface area contributed by atoms with Gasteiger partial charge in [-0.2, -0.15) is 0 Å². The highest BCUT2D eigenvalue weighted by Crippen LogP contribution is 2.33. The highest BCUT2D eigenvalue weighted by atomic mass is 14.9. The average Bonchev–Trinajstić information content (AvgIpc) is 2.67. The Morgan fingerprint density at radius 1 is 0.862 bits per heavy atom. The first kappa shape index (κ1) is 22.9. The van der Waals surface area contributed by atoms with E-state index in [0.29, 0.717) is 11.8 Å². The molecule has 0 saturated heterocycles. The molecule has 0 aliphatic heterocycles. The van der Waals surface area contributed by atoms with E-state index < -0.39 is 0 Å². The zero-order chi connectivity index (χ0) is 21.6. The lowest BCUT2D eigenvalue weighted by atomic mass is 9.92. The van der Waals surface area contributed by atoms with Crippen LogP contribution in [0.5, 0.6) is 0 Å². The Balaban J connectivity index is 2.40. The summed E-state index contributed by atoms with van der Waals surface area (Å²) in [6.07, 6.45) is 4.16. The van der Waals surface area contributed by atoms with Crippen LogP contribution < -0.4 is 5.32 Å². The normalized spacial score (nSPS) is 12.8. The summed E-state index contributed by atoms with van der Waals surface area (Å²) >= 11 is 0. The lowest BCUT2D eigenvalue weighted by Gasteiger charge is -2.21. The summed E-state index contributed by atoms with van der Waals surface area (Å²) in [5, 5.41) is 3.70. The highest BCUT2D eigenvalue weighted by Gasteiger charge is 2.14. The standard InChI is InChI=1S/C27H38N2/c1-9-22-13-11-14-23(10-2)26(22)28-20(7)17-21(8)29-27-24(18(3)4)15-12-16-25(27)19(5)6/h11-19,29H,9-10H2,1-8H3/b21-17-,28-20?. The van der Waals surface area contributed by atoms with Gasteiger partial charge in [0.15, 0.2) is 0 Å². The van der Waals surface area contributed by atoms with Crippen LogP contribution in [0.15, 0.2) is 53.2 Å². The summed E-state index contributed by atoms with van der Waals surface area (Å²) in [5.41, 5.74) is 9.90. The maximum absolute atomic E-state index is 5.00. The SMILES string of the molecule is CCc1cccc(CC)c1N=C(C)/C=C(/C)Nc1c(C(C)C)cccc1C(C)C. The minimum Gasteiger partial charge on any atom is -0.359 e. The zero-order valence-corrected chi connectivity index (χ0v) is 19.6. The molecular weight excluding hydrogens is 352 g/mol. The molecule has 0 aromatic heterocycles. The molecule has 0 radical (unpaired) electrons. The van der Waals surface area contributed by atoms with Crippen molar-refractivity contribution >= 4 is 17.1 Å². The van der Waals surface area contributed by atoms with Crippen LogP contribution in [0.4, 0.5) is 11.4 Å². The number of benzene rings is 2. The number of nitrogens with one attached hydrogen (secondary N) is 1. The predicted octanol–water partition coefficient (Wildman–Crippen LogP) is 8.17. The quantitative estimate of drug-likeness (QED) is 0.452. The summed E-state index contributed by atoms with van der Waals surface area (Å²) in [4.78, 5) is 5.00. The fraction of sp³-hybridized carbons (Fsp3) is 0.444. The molecule has 29 heavy (non-hydrogen) atoms. The van der Waals surface area contributed by atoms with E-state index in [0.717, 1.165) is 29.9 Å². The number of hydrogen-bond donors (Lipinski definition) is 1. The van der Waals surface area contributed by atoms with E-state index in [1.807, 2.05) is 0 Å². The second-order valence-electron chi connectivity index (χ2n) is 8.46. The number of hydrogen-bond acceptors (Lipinski definition) is 2. The van der Waals surface area contributed by atoms with Crippen LogP contribution in [0.25, 0.3) is 0 Å². The van der Waals surface area contributed by atoms with E-state index in [9.17, 15) is 0 Å². The summed E-state index contributed by atoms with van der Waals surface area (Å²) in [6.45, 7) is 17.6. The van der Waals surface area contributed by atoms with Gasteiger partial charge < -0.3 is 5.32 Å². The Morgan fingerprint density at radius 3 is 1.79 bits per heavy atom. The summed E-state index contributed by atoms with van der Waals surface area (Å²) in [7, 11) is 0. The van der Waals surface area contributed by atoms with Gasteiger partial charge in [-0.1, -0.05) is 77.9 Å². The van der Waals surface area contributed by atoms with Crippen LogP contribution in [-0.4, -0.2) is 5.71 Å². The van der Waals surface area contributed by atoms with Crippen LogP contribution in [0.1, 0.15) is 89.5 Å². The van der Waals surface area contributed by atoms with Crippen molar-refractivity contribution in [3.05, 3.63) is 70.4 Å². The first-order valence-electron chi connectivity index (χ1n) is 11.0. The van der Waals surface area contributed by atoms with E-state index in [4.69, 9.17) is 4.99 Å². The van der Waals surface area contributed by atoms with E-state index in [1.165, 1.54) is 27.9 Å². The Bertz CT molecular complexity index is 837. The molecule has 0 spiro atoms. The molecule has 0 amide bonds. The molecule has 0 heterocycles. The second kappa shape index (κ2) is 10.4. The topological polar surface area (TPSA) is 24.4 Å². The van der Waals surface area contributed by atoms with Crippen molar-refractivity contribution in [2.75, 3.05) is 5.32 Å². The third-order valence-electron chi connectivity index (χ3n) is 5.37. The number of allylic oxidation sites excluding steroid dienone is 2. The average molecular weight is 391 g/mol. The molecule has 2 rings (SSSR count). The number of para-hydroxylation sites is 2. The molecule has 1 N–H and O–H groups in total. The van der Waals surface area contributed by atoms with Gasteiger partial charge >= 0.3 is 0 Å². The molecule has 0 aliphatic rings. The van der Waals surface area contributed by atoms with Crippen molar-refractivity contribution in [1.82, 2.24) is 0 Å². The van der Waals surface area contributed by atoms with Gasteiger partial charge in [0, 0.05) is 17.1 Å². The van der Waals surface area contributed by atoms with E-state index in [2.05, 4.69) is 103 Å². The smallest absolute Gasteiger partial charge is 0.0696 e. The Morgan fingerprint density at radius 2 is 1.34 bits per heavy atom. The third-order valence-corrected chi connectivity index (χ3v) is 5.37. The van der Waals surface area contributed by atoms with Crippen molar-refractivity contribution in [2.24, 2.45) is 4.99 Å². The Labute approximate surface area is 178 Å². The minimum absolute atomic E-state index is 0.474. The molecule has 0 bridgehead atoms. The Hall–Kier alpha value is -2.35. The van der Waals surface area contributed by atoms with Crippen LogP contribution in [-0.2, 0) is 12.8 Å². The van der Waals surface area contributed by atoms with Crippen molar-refractivity contribution in [3.8, 4) is 0 Å². The number of nitrogens with zero attached hydrogens (tertiary/aromatic N) is 1. The maximum Gasteiger partial charge on any atom is 0.0696 e. The van der Waals surface area contributed by atoms with Crippen molar-refractivity contribution in [3.63, 3.8) is 0 Å². The first-order chi connectivity index (χ1) is 13.8. The number of anilines is 1. The summed E-state index contributed by atoms with van der Waals surface area (Å²) in [5.74, 6) is 0.949. The fourth-order valence-corrected chi connectivity index (χ4v) is 3.81. The van der Waals surface area contributed by atoms with Gasteiger partial charge in [-0.3, -0.25) is 4.99 Å². The van der Waals surface area contributed by atoms with E-state index >= 15 is 0 Å². The van der Waals surface area contributed by atoms with Gasteiger partial charge in [-0.25, -0.2) is 0 Å². The molecule has 0 fully saturated rings. The third kappa shape index (κ3) is 5.82. The Kier molecular flexibility index (Phi) is 8.25. The molecular formula is C27H38N2.